The monoisotopic (exact) mass is 429 g/mol. The number of nitrogens with two attached hydrogens (primary N) is 1. The Morgan fingerprint density at radius 1 is 0.933 bits per heavy atom. The molecule has 1 heterocycles. The molecule has 1 saturated heterocycles. The number of primary amides is 1. The molecule has 0 bridgehead atoms. The number of nitrogens with one attached hydrogen (secondary N) is 2. The van der Waals surface area contributed by atoms with Crippen LogP contribution in [-0.2, 0) is 6.54 Å². The van der Waals surface area contributed by atoms with Gasteiger partial charge in [0.05, 0.1) is 0 Å². The topological polar surface area (TPSA) is 90.7 Å². The molecular weight excluding hydrogens is 402 g/mol. The second-order valence-electron chi connectivity index (χ2n) is 7.42. The number of nitrogens with zero attached hydrogens (tertiary/aromatic N) is 2. The smallest absolute Gasteiger partial charge is 0.319 e. The number of hydrogen-bond donors (Lipinski definition) is 3. The highest BCUT2D eigenvalue weighted by Crippen LogP contribution is 2.13. The standard InChI is InChI=1S/C22H28ClN5O2/c23-19-6-2-17(3-7-19)16-28-14-12-27(13-15-28)11-1-10-25-22(30)26-20-8-4-18(5-9-20)21(24)29/h2-9H,1,10-16H2,(H2,24,29)(H2,25,26,30). The lowest BCUT2D eigenvalue weighted by Gasteiger charge is -2.34. The van der Waals surface area contributed by atoms with E-state index in [1.807, 2.05) is 12.1 Å². The first kappa shape index (κ1) is 22.1. The average Bonchev–Trinajstić information content (AvgIpc) is 2.74. The maximum atomic E-state index is 12.0. The maximum absolute atomic E-state index is 12.0. The van der Waals surface area contributed by atoms with Gasteiger partial charge in [0.1, 0.15) is 0 Å². The number of benzene rings is 2. The Hall–Kier alpha value is -2.61. The summed E-state index contributed by atoms with van der Waals surface area (Å²) in [6.07, 6.45) is 0.894. The summed E-state index contributed by atoms with van der Waals surface area (Å²) in [4.78, 5) is 27.9. The molecule has 0 spiro atoms. The molecule has 0 atom stereocenters. The third-order valence-electron chi connectivity index (χ3n) is 5.15. The number of anilines is 1. The normalized spacial score (nSPS) is 15.0. The first-order valence-electron chi connectivity index (χ1n) is 10.1. The van der Waals surface area contributed by atoms with E-state index in [1.165, 1.54) is 5.56 Å². The third kappa shape index (κ3) is 7.02. The van der Waals surface area contributed by atoms with Gasteiger partial charge in [0.15, 0.2) is 0 Å². The fourth-order valence-corrected chi connectivity index (χ4v) is 3.54. The van der Waals surface area contributed by atoms with E-state index in [2.05, 4.69) is 32.6 Å². The van der Waals surface area contributed by atoms with E-state index in [-0.39, 0.29) is 6.03 Å². The van der Waals surface area contributed by atoms with Crippen LogP contribution in [0.2, 0.25) is 5.02 Å². The largest absolute Gasteiger partial charge is 0.366 e. The van der Waals surface area contributed by atoms with Crippen LogP contribution in [0.25, 0.3) is 0 Å². The van der Waals surface area contributed by atoms with Crippen LogP contribution in [0, 0.1) is 0 Å². The van der Waals surface area contributed by atoms with Crippen LogP contribution >= 0.6 is 11.6 Å². The van der Waals surface area contributed by atoms with Crippen LogP contribution in [0.3, 0.4) is 0 Å². The number of urea groups is 1. The summed E-state index contributed by atoms with van der Waals surface area (Å²) in [5.74, 6) is -0.489. The zero-order chi connectivity index (χ0) is 21.3. The van der Waals surface area contributed by atoms with Crippen LogP contribution in [0.5, 0.6) is 0 Å². The van der Waals surface area contributed by atoms with Crippen molar-refractivity contribution in [3.8, 4) is 0 Å². The van der Waals surface area contributed by atoms with E-state index in [4.69, 9.17) is 17.3 Å². The van der Waals surface area contributed by atoms with Gasteiger partial charge in [-0.2, -0.15) is 0 Å². The molecule has 3 amide bonds. The van der Waals surface area contributed by atoms with Gasteiger partial charge in [0.2, 0.25) is 5.91 Å². The van der Waals surface area contributed by atoms with Crippen molar-refractivity contribution >= 4 is 29.2 Å². The van der Waals surface area contributed by atoms with E-state index >= 15 is 0 Å². The lowest BCUT2D eigenvalue weighted by atomic mass is 10.2. The van der Waals surface area contributed by atoms with E-state index in [1.54, 1.807) is 24.3 Å². The second-order valence-corrected chi connectivity index (χ2v) is 7.86. The van der Waals surface area contributed by atoms with Crippen LogP contribution in [0.4, 0.5) is 10.5 Å². The van der Waals surface area contributed by atoms with Crippen LogP contribution in [-0.4, -0.2) is 61.0 Å². The summed E-state index contributed by atoms with van der Waals surface area (Å²) in [7, 11) is 0. The molecule has 4 N–H and O–H groups in total. The molecule has 1 aliphatic rings. The summed E-state index contributed by atoms with van der Waals surface area (Å²) < 4.78 is 0. The van der Waals surface area contributed by atoms with Crippen molar-refractivity contribution in [2.24, 2.45) is 5.73 Å². The molecule has 0 aromatic heterocycles. The molecular formula is C22H28ClN5O2. The molecule has 0 unspecified atom stereocenters. The predicted octanol–water partition coefficient (Wildman–Crippen LogP) is 2.77. The first-order chi connectivity index (χ1) is 14.5. The molecule has 0 radical (unpaired) electrons. The van der Waals surface area contributed by atoms with Gasteiger partial charge in [-0.15, -0.1) is 0 Å². The second kappa shape index (κ2) is 11.0. The molecule has 0 aliphatic carbocycles. The number of carbonyl (C=O) groups excluding carboxylic acids is 2. The number of carbonyl (C=O) groups is 2. The van der Waals surface area contributed by atoms with E-state index < -0.39 is 5.91 Å². The highest BCUT2D eigenvalue weighted by molar-refractivity contribution is 6.30. The summed E-state index contributed by atoms with van der Waals surface area (Å²) in [6, 6.07) is 14.3. The molecule has 7 nitrogen and oxygen atoms in total. The van der Waals surface area contributed by atoms with Crippen molar-refractivity contribution in [3.63, 3.8) is 0 Å². The van der Waals surface area contributed by atoms with Gasteiger partial charge in [0, 0.05) is 55.5 Å². The maximum Gasteiger partial charge on any atom is 0.319 e. The SMILES string of the molecule is NC(=O)c1ccc(NC(=O)NCCCN2CCN(Cc3ccc(Cl)cc3)CC2)cc1. The Kier molecular flexibility index (Phi) is 8.07. The molecule has 2 aromatic carbocycles. The Morgan fingerprint density at radius 3 is 2.20 bits per heavy atom. The van der Waals surface area contributed by atoms with Crippen molar-refractivity contribution in [1.82, 2.24) is 15.1 Å². The Morgan fingerprint density at radius 2 is 1.57 bits per heavy atom. The van der Waals surface area contributed by atoms with Crippen LogP contribution in [0.15, 0.2) is 48.5 Å². The lowest BCUT2D eigenvalue weighted by Crippen LogP contribution is -2.46. The number of amides is 3. The summed E-state index contributed by atoms with van der Waals surface area (Å²) in [5.41, 5.74) is 7.52. The molecule has 30 heavy (non-hydrogen) atoms. The highest BCUT2D eigenvalue weighted by Gasteiger charge is 2.16. The fraction of sp³-hybridized carbons (Fsp3) is 0.364. The zero-order valence-corrected chi connectivity index (χ0v) is 17.7. The Bertz CT molecular complexity index is 834. The van der Waals surface area contributed by atoms with Gasteiger partial charge in [-0.05, 0) is 54.9 Å². The Labute approximate surface area is 182 Å². The predicted molar refractivity (Wildman–Crippen MR) is 120 cm³/mol. The molecule has 0 saturated carbocycles. The zero-order valence-electron chi connectivity index (χ0n) is 16.9. The highest BCUT2D eigenvalue weighted by atomic mass is 35.5. The molecule has 160 valence electrons. The minimum atomic E-state index is -0.489. The minimum Gasteiger partial charge on any atom is -0.366 e. The fourth-order valence-electron chi connectivity index (χ4n) is 3.42. The van der Waals surface area contributed by atoms with Gasteiger partial charge in [-0.3, -0.25) is 9.69 Å². The van der Waals surface area contributed by atoms with Crippen molar-refractivity contribution < 1.29 is 9.59 Å². The van der Waals surface area contributed by atoms with Crippen molar-refractivity contribution in [1.29, 1.82) is 0 Å². The Balaban J connectivity index is 1.28. The van der Waals surface area contributed by atoms with Gasteiger partial charge in [0.25, 0.3) is 0 Å². The molecule has 2 aromatic rings. The number of rotatable bonds is 8. The van der Waals surface area contributed by atoms with Crippen molar-refractivity contribution in [2.75, 3.05) is 44.6 Å². The van der Waals surface area contributed by atoms with E-state index in [9.17, 15) is 9.59 Å². The summed E-state index contributed by atoms with van der Waals surface area (Å²) in [6.45, 7) is 6.67. The van der Waals surface area contributed by atoms with Crippen molar-refractivity contribution in [3.05, 3.63) is 64.7 Å². The van der Waals surface area contributed by atoms with Crippen molar-refractivity contribution in [2.45, 2.75) is 13.0 Å². The van der Waals surface area contributed by atoms with E-state index in [0.29, 0.717) is 17.8 Å². The van der Waals surface area contributed by atoms with E-state index in [0.717, 1.165) is 50.7 Å². The van der Waals surface area contributed by atoms with Gasteiger partial charge in [-0.1, -0.05) is 23.7 Å². The first-order valence-corrected chi connectivity index (χ1v) is 10.5. The summed E-state index contributed by atoms with van der Waals surface area (Å²) in [5, 5.41) is 6.38. The molecule has 1 aliphatic heterocycles. The average molecular weight is 430 g/mol. The lowest BCUT2D eigenvalue weighted by molar-refractivity contribution is 0.100. The molecule has 3 rings (SSSR count). The quantitative estimate of drug-likeness (QED) is 0.563. The van der Waals surface area contributed by atoms with Crippen LogP contribution in [0.1, 0.15) is 22.3 Å². The number of hydrogen-bond acceptors (Lipinski definition) is 4. The van der Waals surface area contributed by atoms with Crippen LogP contribution < -0.4 is 16.4 Å². The number of halogens is 1. The molecule has 1 fully saturated rings. The minimum absolute atomic E-state index is 0.255. The summed E-state index contributed by atoms with van der Waals surface area (Å²) >= 11 is 5.94. The third-order valence-corrected chi connectivity index (χ3v) is 5.40. The van der Waals surface area contributed by atoms with Gasteiger partial charge < -0.3 is 21.3 Å². The number of piperazine rings is 1. The van der Waals surface area contributed by atoms with Gasteiger partial charge in [-0.25, -0.2) is 4.79 Å². The van der Waals surface area contributed by atoms with Gasteiger partial charge >= 0.3 is 6.03 Å². The molecule has 8 heteroatoms.